The van der Waals surface area contributed by atoms with Gasteiger partial charge in [0.15, 0.2) is 0 Å². The first-order valence-electron chi connectivity index (χ1n) is 8.99. The Hall–Kier alpha value is -1.30. The number of rotatable bonds is 5. The first-order chi connectivity index (χ1) is 11.0. The molecule has 2 fully saturated rings. The van der Waals surface area contributed by atoms with Crippen LogP contribution < -0.4 is 10.6 Å². The highest BCUT2D eigenvalue weighted by Crippen LogP contribution is 2.25. The maximum atomic E-state index is 12.1. The molecule has 1 aliphatic carbocycles. The van der Waals surface area contributed by atoms with E-state index in [4.69, 9.17) is 4.74 Å². The largest absolute Gasteiger partial charge is 0.372 e. The fourth-order valence-corrected chi connectivity index (χ4v) is 3.55. The highest BCUT2D eigenvalue weighted by Gasteiger charge is 2.25. The Kier molecular flexibility index (Phi) is 7.15. The SMILES string of the molecule is CC1CN(C(=O)NCCNC(=O)CC2CCCCC2)CC(C)O1. The van der Waals surface area contributed by atoms with Crippen LogP contribution in [0.1, 0.15) is 52.4 Å². The number of amides is 3. The van der Waals surface area contributed by atoms with Crippen LogP contribution in [0.2, 0.25) is 0 Å². The van der Waals surface area contributed by atoms with Gasteiger partial charge in [-0.1, -0.05) is 19.3 Å². The normalized spacial score (nSPS) is 25.9. The number of ether oxygens (including phenoxy) is 1. The maximum absolute atomic E-state index is 12.1. The molecule has 0 aromatic heterocycles. The van der Waals surface area contributed by atoms with Crippen LogP contribution in [0, 0.1) is 5.92 Å². The molecular formula is C17H31N3O3. The van der Waals surface area contributed by atoms with Gasteiger partial charge in [-0.15, -0.1) is 0 Å². The minimum Gasteiger partial charge on any atom is -0.372 e. The van der Waals surface area contributed by atoms with E-state index in [1.54, 1.807) is 4.90 Å². The second kappa shape index (κ2) is 9.11. The second-order valence-electron chi connectivity index (χ2n) is 6.95. The predicted octanol–water partition coefficient (Wildman–Crippen LogP) is 1.89. The number of nitrogens with one attached hydrogen (secondary N) is 2. The summed E-state index contributed by atoms with van der Waals surface area (Å²) >= 11 is 0. The monoisotopic (exact) mass is 325 g/mol. The summed E-state index contributed by atoms with van der Waals surface area (Å²) in [5.41, 5.74) is 0. The number of nitrogens with zero attached hydrogens (tertiary/aromatic N) is 1. The third-order valence-electron chi connectivity index (χ3n) is 4.63. The van der Waals surface area contributed by atoms with Crippen molar-refractivity contribution in [3.05, 3.63) is 0 Å². The Morgan fingerprint density at radius 1 is 1.00 bits per heavy atom. The highest BCUT2D eigenvalue weighted by atomic mass is 16.5. The molecule has 1 heterocycles. The van der Waals surface area contributed by atoms with Gasteiger partial charge in [0.05, 0.1) is 12.2 Å². The van der Waals surface area contributed by atoms with Crippen LogP contribution in [0.5, 0.6) is 0 Å². The van der Waals surface area contributed by atoms with Crippen molar-refractivity contribution >= 4 is 11.9 Å². The molecule has 132 valence electrons. The fraction of sp³-hybridized carbons (Fsp3) is 0.882. The number of morpholine rings is 1. The summed E-state index contributed by atoms with van der Waals surface area (Å²) in [6.45, 7) is 6.14. The summed E-state index contributed by atoms with van der Waals surface area (Å²) in [5, 5.41) is 5.78. The van der Waals surface area contributed by atoms with Gasteiger partial charge in [0, 0.05) is 32.6 Å². The average molecular weight is 325 g/mol. The number of carbonyl (C=O) groups is 2. The molecule has 23 heavy (non-hydrogen) atoms. The van der Waals surface area contributed by atoms with Gasteiger partial charge in [0.2, 0.25) is 5.91 Å². The second-order valence-corrected chi connectivity index (χ2v) is 6.95. The standard InChI is InChI=1S/C17H31N3O3/c1-13-11-20(12-14(2)23-13)17(22)19-9-8-18-16(21)10-15-6-4-3-5-7-15/h13-15H,3-12H2,1-2H3,(H,18,21)(H,19,22). The summed E-state index contributed by atoms with van der Waals surface area (Å²) in [6.07, 6.45) is 6.94. The predicted molar refractivity (Wildman–Crippen MR) is 89.2 cm³/mol. The first-order valence-corrected chi connectivity index (χ1v) is 8.99. The van der Waals surface area contributed by atoms with E-state index in [-0.39, 0.29) is 24.1 Å². The van der Waals surface area contributed by atoms with Gasteiger partial charge in [-0.25, -0.2) is 4.79 Å². The molecule has 1 aliphatic heterocycles. The Morgan fingerprint density at radius 3 is 2.26 bits per heavy atom. The van der Waals surface area contributed by atoms with Crippen LogP contribution in [-0.2, 0) is 9.53 Å². The van der Waals surface area contributed by atoms with E-state index in [1.807, 2.05) is 13.8 Å². The van der Waals surface area contributed by atoms with Crippen molar-refractivity contribution in [2.45, 2.75) is 64.6 Å². The lowest BCUT2D eigenvalue weighted by Gasteiger charge is -2.35. The topological polar surface area (TPSA) is 70.7 Å². The highest BCUT2D eigenvalue weighted by molar-refractivity contribution is 5.76. The molecule has 0 aromatic rings. The lowest BCUT2D eigenvalue weighted by molar-refractivity contribution is -0.122. The third-order valence-corrected chi connectivity index (χ3v) is 4.63. The molecule has 0 radical (unpaired) electrons. The zero-order valence-electron chi connectivity index (χ0n) is 14.5. The van der Waals surface area contributed by atoms with Gasteiger partial charge in [-0.2, -0.15) is 0 Å². The molecule has 6 nitrogen and oxygen atoms in total. The van der Waals surface area contributed by atoms with Crippen LogP contribution in [0.3, 0.4) is 0 Å². The van der Waals surface area contributed by atoms with Crippen LogP contribution in [0.25, 0.3) is 0 Å². The lowest BCUT2D eigenvalue weighted by Crippen LogP contribution is -2.52. The Balaban J connectivity index is 1.57. The summed E-state index contributed by atoms with van der Waals surface area (Å²) in [4.78, 5) is 25.8. The van der Waals surface area contributed by atoms with Crippen molar-refractivity contribution in [1.82, 2.24) is 15.5 Å². The average Bonchev–Trinajstić information content (AvgIpc) is 2.51. The molecule has 0 aromatic carbocycles. The Morgan fingerprint density at radius 2 is 1.61 bits per heavy atom. The Bertz CT molecular complexity index is 387. The van der Waals surface area contributed by atoms with Crippen molar-refractivity contribution in [3.63, 3.8) is 0 Å². The Labute approximate surface area is 139 Å². The van der Waals surface area contributed by atoms with E-state index < -0.39 is 0 Å². The quantitative estimate of drug-likeness (QED) is 0.758. The molecule has 1 saturated heterocycles. The molecule has 0 spiro atoms. The zero-order chi connectivity index (χ0) is 16.7. The van der Waals surface area contributed by atoms with E-state index in [2.05, 4.69) is 10.6 Å². The molecule has 2 atom stereocenters. The van der Waals surface area contributed by atoms with Crippen molar-refractivity contribution in [2.75, 3.05) is 26.2 Å². The van der Waals surface area contributed by atoms with Gasteiger partial charge in [-0.3, -0.25) is 4.79 Å². The van der Waals surface area contributed by atoms with Crippen molar-refractivity contribution < 1.29 is 14.3 Å². The maximum Gasteiger partial charge on any atom is 0.317 e. The number of hydrogen-bond acceptors (Lipinski definition) is 3. The van der Waals surface area contributed by atoms with Gasteiger partial charge in [0.1, 0.15) is 0 Å². The van der Waals surface area contributed by atoms with Gasteiger partial charge >= 0.3 is 6.03 Å². The van der Waals surface area contributed by atoms with Gasteiger partial charge in [-0.05, 0) is 32.6 Å². The number of carbonyl (C=O) groups excluding carboxylic acids is 2. The van der Waals surface area contributed by atoms with E-state index in [1.165, 1.54) is 32.1 Å². The molecule has 6 heteroatoms. The molecular weight excluding hydrogens is 294 g/mol. The number of hydrogen-bond donors (Lipinski definition) is 2. The van der Waals surface area contributed by atoms with Crippen LogP contribution in [0.4, 0.5) is 4.79 Å². The molecule has 3 amide bonds. The minimum atomic E-state index is -0.0754. The number of urea groups is 1. The molecule has 2 N–H and O–H groups in total. The van der Waals surface area contributed by atoms with Gasteiger partial charge < -0.3 is 20.3 Å². The van der Waals surface area contributed by atoms with E-state index >= 15 is 0 Å². The first kappa shape index (κ1) is 18.0. The van der Waals surface area contributed by atoms with Crippen LogP contribution >= 0.6 is 0 Å². The van der Waals surface area contributed by atoms with Crippen molar-refractivity contribution in [2.24, 2.45) is 5.92 Å². The lowest BCUT2D eigenvalue weighted by atomic mass is 9.87. The van der Waals surface area contributed by atoms with Crippen LogP contribution in [0.15, 0.2) is 0 Å². The van der Waals surface area contributed by atoms with Gasteiger partial charge in [0.25, 0.3) is 0 Å². The summed E-state index contributed by atoms with van der Waals surface area (Å²) in [7, 11) is 0. The molecule has 2 rings (SSSR count). The molecule has 2 unspecified atom stereocenters. The summed E-state index contributed by atoms with van der Waals surface area (Å²) in [6, 6.07) is -0.0754. The zero-order valence-corrected chi connectivity index (χ0v) is 14.5. The fourth-order valence-electron chi connectivity index (χ4n) is 3.55. The molecule has 1 saturated carbocycles. The molecule has 0 bridgehead atoms. The van der Waals surface area contributed by atoms with Crippen LogP contribution in [-0.4, -0.2) is 55.2 Å². The summed E-state index contributed by atoms with van der Waals surface area (Å²) in [5.74, 6) is 0.662. The minimum absolute atomic E-state index is 0.0692. The van der Waals surface area contributed by atoms with E-state index in [0.717, 1.165) is 0 Å². The molecule has 2 aliphatic rings. The van der Waals surface area contributed by atoms with Crippen molar-refractivity contribution in [1.29, 1.82) is 0 Å². The van der Waals surface area contributed by atoms with E-state index in [9.17, 15) is 9.59 Å². The van der Waals surface area contributed by atoms with E-state index in [0.29, 0.717) is 38.5 Å². The smallest absolute Gasteiger partial charge is 0.317 e. The van der Waals surface area contributed by atoms with Crippen molar-refractivity contribution in [3.8, 4) is 0 Å². The summed E-state index contributed by atoms with van der Waals surface area (Å²) < 4.78 is 5.62. The third kappa shape index (κ3) is 6.37.